The first kappa shape index (κ1) is 9.48. The fourth-order valence-corrected chi connectivity index (χ4v) is 1.39. The molecule has 0 saturated carbocycles. The highest BCUT2D eigenvalue weighted by Gasteiger charge is 2.32. The van der Waals surface area contributed by atoms with Crippen molar-refractivity contribution in [1.29, 1.82) is 0 Å². The van der Waals surface area contributed by atoms with E-state index in [1.807, 2.05) is 6.92 Å². The minimum absolute atomic E-state index is 0.118. The molecule has 1 saturated heterocycles. The second-order valence-electron chi connectivity index (χ2n) is 3.46. The number of β-amino-alcohol motifs (C(OH)–C–C–N with tert-alkyl or cyclic N) is 1. The van der Waals surface area contributed by atoms with Crippen LogP contribution in [-0.4, -0.2) is 46.3 Å². The van der Waals surface area contributed by atoms with Crippen molar-refractivity contribution in [3.8, 4) is 0 Å². The maximum atomic E-state index is 11.2. The Kier molecular flexibility index (Phi) is 2.69. The maximum Gasteiger partial charge on any atom is 0.251 e. The van der Waals surface area contributed by atoms with Crippen LogP contribution in [0.15, 0.2) is 0 Å². The summed E-state index contributed by atoms with van der Waals surface area (Å²) in [5, 5.41) is 18.3. The topological polar surface area (TPSA) is 60.8 Å². The van der Waals surface area contributed by atoms with E-state index in [0.29, 0.717) is 13.1 Å². The SMILES string of the molecule is C[C@H](O)C(=O)N1C[C@H](C)[C@@H](O)C1. The molecule has 0 bridgehead atoms. The van der Waals surface area contributed by atoms with E-state index in [2.05, 4.69) is 0 Å². The van der Waals surface area contributed by atoms with Gasteiger partial charge in [-0.3, -0.25) is 4.79 Å². The molecule has 4 nitrogen and oxygen atoms in total. The van der Waals surface area contributed by atoms with Crippen LogP contribution in [0.3, 0.4) is 0 Å². The van der Waals surface area contributed by atoms with Crippen molar-refractivity contribution < 1.29 is 15.0 Å². The maximum absolute atomic E-state index is 11.2. The highest BCUT2D eigenvalue weighted by molar-refractivity contribution is 5.80. The number of likely N-dealkylation sites (tertiary alicyclic amines) is 1. The number of hydrogen-bond donors (Lipinski definition) is 2. The molecule has 1 heterocycles. The number of nitrogens with zero attached hydrogens (tertiary/aromatic N) is 1. The molecule has 1 fully saturated rings. The van der Waals surface area contributed by atoms with E-state index in [0.717, 1.165) is 0 Å². The first-order valence-electron chi connectivity index (χ1n) is 4.17. The average Bonchev–Trinajstić information content (AvgIpc) is 2.30. The van der Waals surface area contributed by atoms with Gasteiger partial charge in [-0.05, 0) is 6.92 Å². The highest BCUT2D eigenvalue weighted by atomic mass is 16.3. The lowest BCUT2D eigenvalue weighted by molar-refractivity contribution is -0.138. The van der Waals surface area contributed by atoms with Gasteiger partial charge in [0.2, 0.25) is 0 Å². The van der Waals surface area contributed by atoms with Gasteiger partial charge >= 0.3 is 0 Å². The molecule has 4 heteroatoms. The van der Waals surface area contributed by atoms with Crippen LogP contribution < -0.4 is 0 Å². The number of amides is 1. The Bertz CT molecular complexity index is 171. The molecule has 0 aromatic heterocycles. The van der Waals surface area contributed by atoms with E-state index in [1.165, 1.54) is 11.8 Å². The molecule has 0 aromatic carbocycles. The second kappa shape index (κ2) is 3.41. The molecule has 0 aromatic rings. The van der Waals surface area contributed by atoms with Gasteiger partial charge < -0.3 is 15.1 Å². The van der Waals surface area contributed by atoms with E-state index in [4.69, 9.17) is 5.11 Å². The molecule has 0 radical (unpaired) electrons. The summed E-state index contributed by atoms with van der Waals surface area (Å²) in [5.74, 6) is -0.175. The number of carbonyl (C=O) groups is 1. The summed E-state index contributed by atoms with van der Waals surface area (Å²) in [6, 6.07) is 0. The zero-order chi connectivity index (χ0) is 9.30. The molecule has 0 unspecified atom stereocenters. The molecule has 0 aliphatic carbocycles. The zero-order valence-electron chi connectivity index (χ0n) is 7.40. The smallest absolute Gasteiger partial charge is 0.251 e. The number of hydrogen-bond acceptors (Lipinski definition) is 3. The zero-order valence-corrected chi connectivity index (χ0v) is 7.40. The highest BCUT2D eigenvalue weighted by Crippen LogP contribution is 2.16. The summed E-state index contributed by atoms with van der Waals surface area (Å²) in [6.45, 7) is 4.23. The fraction of sp³-hybridized carbons (Fsp3) is 0.875. The van der Waals surface area contributed by atoms with Crippen LogP contribution in [0.5, 0.6) is 0 Å². The van der Waals surface area contributed by atoms with Crippen LogP contribution in [0.25, 0.3) is 0 Å². The minimum Gasteiger partial charge on any atom is -0.391 e. The van der Waals surface area contributed by atoms with Gasteiger partial charge in [-0.1, -0.05) is 6.92 Å². The summed E-state index contributed by atoms with van der Waals surface area (Å²) in [4.78, 5) is 12.7. The second-order valence-corrected chi connectivity index (χ2v) is 3.46. The van der Waals surface area contributed by atoms with Crippen LogP contribution in [0.1, 0.15) is 13.8 Å². The van der Waals surface area contributed by atoms with Gasteiger partial charge in [0.1, 0.15) is 6.10 Å². The van der Waals surface area contributed by atoms with Gasteiger partial charge in [0, 0.05) is 19.0 Å². The van der Waals surface area contributed by atoms with Gasteiger partial charge in [0.15, 0.2) is 0 Å². The van der Waals surface area contributed by atoms with Crippen molar-refractivity contribution in [3.63, 3.8) is 0 Å². The third kappa shape index (κ3) is 1.76. The van der Waals surface area contributed by atoms with E-state index < -0.39 is 12.2 Å². The molecular weight excluding hydrogens is 158 g/mol. The number of aliphatic hydroxyl groups is 2. The number of carbonyl (C=O) groups excluding carboxylic acids is 1. The fourth-order valence-electron chi connectivity index (χ4n) is 1.39. The van der Waals surface area contributed by atoms with Crippen molar-refractivity contribution in [1.82, 2.24) is 4.90 Å². The lowest BCUT2D eigenvalue weighted by Gasteiger charge is -2.16. The molecule has 12 heavy (non-hydrogen) atoms. The van der Waals surface area contributed by atoms with Gasteiger partial charge in [0.05, 0.1) is 6.10 Å². The summed E-state index contributed by atoms with van der Waals surface area (Å²) in [5.41, 5.74) is 0. The predicted molar refractivity (Wildman–Crippen MR) is 43.4 cm³/mol. The van der Waals surface area contributed by atoms with Crippen molar-refractivity contribution in [3.05, 3.63) is 0 Å². The van der Waals surface area contributed by atoms with Crippen molar-refractivity contribution in [2.75, 3.05) is 13.1 Å². The van der Waals surface area contributed by atoms with Crippen molar-refractivity contribution in [2.45, 2.75) is 26.1 Å². The molecule has 2 N–H and O–H groups in total. The third-order valence-electron chi connectivity index (χ3n) is 2.24. The molecule has 70 valence electrons. The Balaban J connectivity index is 2.52. The van der Waals surface area contributed by atoms with Crippen LogP contribution in [0.4, 0.5) is 0 Å². The first-order valence-corrected chi connectivity index (χ1v) is 4.17. The predicted octanol–water partition coefficient (Wildman–Crippen LogP) is -0.794. The van der Waals surface area contributed by atoms with Gasteiger partial charge in [-0.2, -0.15) is 0 Å². The average molecular weight is 173 g/mol. The lowest BCUT2D eigenvalue weighted by Crippen LogP contribution is -2.36. The Morgan fingerprint density at radius 1 is 1.58 bits per heavy atom. The van der Waals surface area contributed by atoms with Crippen LogP contribution >= 0.6 is 0 Å². The van der Waals surface area contributed by atoms with E-state index in [9.17, 15) is 9.90 Å². The molecule has 0 spiro atoms. The molecule has 1 aliphatic rings. The summed E-state index contributed by atoms with van der Waals surface area (Å²) < 4.78 is 0. The van der Waals surface area contributed by atoms with Crippen LogP contribution in [-0.2, 0) is 4.79 Å². The molecule has 1 aliphatic heterocycles. The normalized spacial score (nSPS) is 32.2. The molecule has 3 atom stereocenters. The van der Waals surface area contributed by atoms with Crippen molar-refractivity contribution >= 4 is 5.91 Å². The van der Waals surface area contributed by atoms with E-state index >= 15 is 0 Å². The Hall–Kier alpha value is -0.610. The van der Waals surface area contributed by atoms with E-state index in [1.54, 1.807) is 0 Å². The lowest BCUT2D eigenvalue weighted by atomic mass is 10.1. The Morgan fingerprint density at radius 2 is 2.17 bits per heavy atom. The Labute approximate surface area is 71.8 Å². The number of rotatable bonds is 1. The van der Waals surface area contributed by atoms with Gasteiger partial charge in [-0.25, -0.2) is 0 Å². The minimum atomic E-state index is -0.956. The largest absolute Gasteiger partial charge is 0.391 e. The molecule has 1 rings (SSSR count). The molecule has 1 amide bonds. The summed E-state index contributed by atoms with van der Waals surface area (Å²) in [7, 11) is 0. The van der Waals surface area contributed by atoms with Gasteiger partial charge in [-0.15, -0.1) is 0 Å². The number of aliphatic hydroxyl groups excluding tert-OH is 2. The van der Waals surface area contributed by atoms with Crippen LogP contribution in [0, 0.1) is 5.92 Å². The quantitative estimate of drug-likeness (QED) is 0.546. The summed E-state index contributed by atoms with van der Waals surface area (Å²) >= 11 is 0. The first-order chi connectivity index (χ1) is 5.52. The monoisotopic (exact) mass is 173 g/mol. The Morgan fingerprint density at radius 3 is 2.50 bits per heavy atom. The van der Waals surface area contributed by atoms with Crippen LogP contribution in [0.2, 0.25) is 0 Å². The van der Waals surface area contributed by atoms with Crippen molar-refractivity contribution in [2.24, 2.45) is 5.92 Å². The van der Waals surface area contributed by atoms with Gasteiger partial charge in [0.25, 0.3) is 5.91 Å². The standard InChI is InChI=1S/C8H15NO3/c1-5-3-9(4-7(5)11)8(12)6(2)10/h5-7,10-11H,3-4H2,1-2H3/t5-,6-,7-/m0/s1. The third-order valence-corrected chi connectivity index (χ3v) is 2.24. The molecular formula is C8H15NO3. The van der Waals surface area contributed by atoms with E-state index in [-0.39, 0.29) is 11.8 Å². The summed E-state index contributed by atoms with van der Waals surface area (Å²) in [6.07, 6.45) is -1.39.